The van der Waals surface area contributed by atoms with Crippen molar-refractivity contribution in [3.63, 3.8) is 0 Å². The number of hydrogen-bond acceptors (Lipinski definition) is 6. The molecule has 0 radical (unpaired) electrons. The zero-order valence-electron chi connectivity index (χ0n) is 11.5. The topological polar surface area (TPSA) is 81.0 Å². The van der Waals surface area contributed by atoms with E-state index in [1.165, 1.54) is 6.26 Å². The van der Waals surface area contributed by atoms with Crippen molar-refractivity contribution in [2.75, 3.05) is 25.6 Å². The number of hydrogen-bond donors (Lipinski definition) is 0. The molecule has 0 unspecified atom stereocenters. The first-order valence-corrected chi connectivity index (χ1v) is 8.40. The van der Waals surface area contributed by atoms with Crippen molar-refractivity contribution >= 4 is 32.5 Å². The Kier molecular flexibility index (Phi) is 4.26. The second kappa shape index (κ2) is 5.63. The van der Waals surface area contributed by atoms with Crippen molar-refractivity contribution < 1.29 is 8.42 Å². The fourth-order valence-corrected chi connectivity index (χ4v) is 2.62. The molecule has 0 atom stereocenters. The fourth-order valence-electron chi connectivity index (χ4n) is 1.74. The Hall–Kier alpha value is -1.25. The van der Waals surface area contributed by atoms with Gasteiger partial charge in [0.2, 0.25) is 0 Å². The Bertz CT molecular complexity index is 728. The Balaban J connectivity index is 2.15. The summed E-state index contributed by atoms with van der Waals surface area (Å²) >= 11 is 6.09. The second-order valence-electron chi connectivity index (χ2n) is 4.80. The van der Waals surface area contributed by atoms with Crippen LogP contribution in [0.1, 0.15) is 5.82 Å². The molecule has 20 heavy (non-hydrogen) atoms. The largest absolute Gasteiger partial charge is 0.298 e. The number of aryl methyl sites for hydroxylation is 1. The van der Waals surface area contributed by atoms with Gasteiger partial charge in [-0.3, -0.25) is 9.58 Å². The normalized spacial score (nSPS) is 12.4. The van der Waals surface area contributed by atoms with Crippen LogP contribution in [-0.4, -0.2) is 58.7 Å². The number of aromatic nitrogens is 4. The summed E-state index contributed by atoms with van der Waals surface area (Å²) in [5.41, 5.74) is 0.663. The van der Waals surface area contributed by atoms with Gasteiger partial charge in [0.15, 0.2) is 5.65 Å². The van der Waals surface area contributed by atoms with Crippen molar-refractivity contribution in [1.82, 2.24) is 24.6 Å². The first kappa shape index (κ1) is 15.1. The highest BCUT2D eigenvalue weighted by molar-refractivity contribution is 7.90. The predicted octanol–water partition coefficient (Wildman–Crippen LogP) is 0.493. The Morgan fingerprint density at radius 1 is 1.40 bits per heavy atom. The first-order chi connectivity index (χ1) is 9.26. The third-order valence-electron chi connectivity index (χ3n) is 2.85. The van der Waals surface area contributed by atoms with E-state index in [0.717, 1.165) is 0 Å². The summed E-state index contributed by atoms with van der Waals surface area (Å²) in [6, 6.07) is 0. The molecule has 0 spiro atoms. The minimum atomic E-state index is -2.97. The van der Waals surface area contributed by atoms with Crippen molar-refractivity contribution in [3.05, 3.63) is 17.2 Å². The second-order valence-corrected chi connectivity index (χ2v) is 7.42. The van der Waals surface area contributed by atoms with E-state index in [9.17, 15) is 8.42 Å². The van der Waals surface area contributed by atoms with Gasteiger partial charge in [0.05, 0.1) is 23.9 Å². The molecule has 0 bridgehead atoms. The van der Waals surface area contributed by atoms with Crippen LogP contribution in [0.25, 0.3) is 11.0 Å². The molecular formula is C11H16ClN5O2S. The lowest BCUT2D eigenvalue weighted by Gasteiger charge is -2.15. The van der Waals surface area contributed by atoms with Gasteiger partial charge in [-0.15, -0.1) is 0 Å². The number of sulfone groups is 1. The molecule has 0 N–H and O–H groups in total. The highest BCUT2D eigenvalue weighted by atomic mass is 35.5. The van der Waals surface area contributed by atoms with Crippen LogP contribution >= 0.6 is 11.6 Å². The lowest BCUT2D eigenvalue weighted by atomic mass is 10.4. The zero-order valence-corrected chi connectivity index (χ0v) is 13.1. The third kappa shape index (κ3) is 3.65. The summed E-state index contributed by atoms with van der Waals surface area (Å²) in [5.74, 6) is 0.646. The van der Waals surface area contributed by atoms with Crippen molar-refractivity contribution in [3.8, 4) is 0 Å². The Morgan fingerprint density at radius 2 is 2.10 bits per heavy atom. The van der Waals surface area contributed by atoms with Crippen LogP contribution in [0.3, 0.4) is 0 Å². The van der Waals surface area contributed by atoms with E-state index in [1.807, 2.05) is 11.9 Å². The van der Waals surface area contributed by atoms with Gasteiger partial charge in [-0.05, 0) is 7.05 Å². The van der Waals surface area contributed by atoms with Crippen LogP contribution in [-0.2, 0) is 23.4 Å². The number of nitrogens with zero attached hydrogens (tertiary/aromatic N) is 5. The number of fused-ring (bicyclic) bond motifs is 1. The zero-order chi connectivity index (χ0) is 14.9. The maximum atomic E-state index is 11.1. The minimum absolute atomic E-state index is 0.102. The van der Waals surface area contributed by atoms with Crippen LogP contribution in [0.2, 0.25) is 5.15 Å². The lowest BCUT2D eigenvalue weighted by molar-refractivity contribution is 0.337. The smallest absolute Gasteiger partial charge is 0.162 e. The summed E-state index contributed by atoms with van der Waals surface area (Å²) in [5, 5.41) is 5.14. The molecule has 0 saturated heterocycles. The molecule has 0 aliphatic carbocycles. The van der Waals surface area contributed by atoms with Crippen molar-refractivity contribution in [1.29, 1.82) is 0 Å². The summed E-state index contributed by atoms with van der Waals surface area (Å²) in [6.07, 6.45) is 2.84. The molecule has 2 aromatic heterocycles. The van der Waals surface area contributed by atoms with E-state index < -0.39 is 9.84 Å². The molecule has 2 rings (SSSR count). The van der Waals surface area contributed by atoms with Gasteiger partial charge in [-0.1, -0.05) is 11.6 Å². The van der Waals surface area contributed by atoms with Crippen LogP contribution in [0.5, 0.6) is 0 Å². The average Bonchev–Trinajstić information content (AvgIpc) is 2.69. The summed E-state index contributed by atoms with van der Waals surface area (Å²) < 4.78 is 23.9. The molecule has 0 saturated carbocycles. The van der Waals surface area contributed by atoms with Gasteiger partial charge in [-0.25, -0.2) is 18.4 Å². The Morgan fingerprint density at radius 3 is 2.75 bits per heavy atom. The monoisotopic (exact) mass is 317 g/mol. The van der Waals surface area contributed by atoms with Gasteiger partial charge >= 0.3 is 0 Å². The first-order valence-electron chi connectivity index (χ1n) is 5.96. The van der Waals surface area contributed by atoms with Gasteiger partial charge < -0.3 is 0 Å². The van der Waals surface area contributed by atoms with E-state index in [-0.39, 0.29) is 5.75 Å². The van der Waals surface area contributed by atoms with Crippen LogP contribution in [0.15, 0.2) is 6.20 Å². The summed E-state index contributed by atoms with van der Waals surface area (Å²) in [7, 11) is 0.621. The van der Waals surface area contributed by atoms with E-state index in [1.54, 1.807) is 17.9 Å². The van der Waals surface area contributed by atoms with Crippen LogP contribution < -0.4 is 0 Å². The van der Waals surface area contributed by atoms with E-state index in [4.69, 9.17) is 11.6 Å². The number of halogens is 1. The average molecular weight is 318 g/mol. The van der Waals surface area contributed by atoms with Gasteiger partial charge in [0.1, 0.15) is 20.8 Å². The highest BCUT2D eigenvalue weighted by Gasteiger charge is 2.12. The van der Waals surface area contributed by atoms with Crippen LogP contribution in [0.4, 0.5) is 0 Å². The van der Waals surface area contributed by atoms with Gasteiger partial charge in [-0.2, -0.15) is 5.10 Å². The molecule has 0 aromatic carbocycles. The summed E-state index contributed by atoms with van der Waals surface area (Å²) in [6.45, 7) is 0.847. The predicted molar refractivity (Wildman–Crippen MR) is 77.4 cm³/mol. The standard InChI is InChI=1S/C11H16ClN5O2S/c1-16(4-5-20(3,18)19)7-9-14-10(12)8-6-13-17(2)11(8)15-9/h6H,4-5,7H2,1-3H3. The van der Waals surface area contributed by atoms with Crippen molar-refractivity contribution in [2.24, 2.45) is 7.05 Å². The molecular weight excluding hydrogens is 302 g/mol. The van der Waals surface area contributed by atoms with E-state index in [0.29, 0.717) is 35.1 Å². The maximum Gasteiger partial charge on any atom is 0.162 e. The molecule has 7 nitrogen and oxygen atoms in total. The Labute approximate surface area is 122 Å². The van der Waals surface area contributed by atoms with Gasteiger partial charge in [0, 0.05) is 19.8 Å². The van der Waals surface area contributed by atoms with Crippen LogP contribution in [0, 0.1) is 0 Å². The molecule has 0 aliphatic rings. The fraction of sp³-hybridized carbons (Fsp3) is 0.545. The molecule has 0 fully saturated rings. The van der Waals surface area contributed by atoms with E-state index in [2.05, 4.69) is 15.1 Å². The van der Waals surface area contributed by atoms with E-state index >= 15 is 0 Å². The van der Waals surface area contributed by atoms with Crippen molar-refractivity contribution in [2.45, 2.75) is 6.54 Å². The highest BCUT2D eigenvalue weighted by Crippen LogP contribution is 2.19. The SMILES string of the molecule is CN(CCS(C)(=O)=O)Cc1nc(Cl)c2cnn(C)c2n1. The summed E-state index contributed by atoms with van der Waals surface area (Å²) in [4.78, 5) is 10.4. The van der Waals surface area contributed by atoms with Gasteiger partial charge in [0.25, 0.3) is 0 Å². The quantitative estimate of drug-likeness (QED) is 0.747. The lowest BCUT2D eigenvalue weighted by Crippen LogP contribution is -2.25. The molecule has 9 heteroatoms. The number of rotatable bonds is 5. The molecule has 110 valence electrons. The third-order valence-corrected chi connectivity index (χ3v) is 4.06. The molecule has 0 aliphatic heterocycles. The molecule has 2 aromatic rings. The molecule has 2 heterocycles. The maximum absolute atomic E-state index is 11.1. The minimum Gasteiger partial charge on any atom is -0.298 e. The molecule has 0 amide bonds.